The molecule has 0 saturated heterocycles. The van der Waals surface area contributed by atoms with Crippen LogP contribution in [0.4, 0.5) is 20.2 Å². The van der Waals surface area contributed by atoms with Gasteiger partial charge in [0.1, 0.15) is 5.82 Å². The summed E-state index contributed by atoms with van der Waals surface area (Å²) >= 11 is 0. The minimum Gasteiger partial charge on any atom is -0.321 e. The molecule has 1 heterocycles. The Kier molecular flexibility index (Phi) is 4.98. The molecule has 2 N–H and O–H groups in total. The average molecular weight is 353 g/mol. The summed E-state index contributed by atoms with van der Waals surface area (Å²) in [5.74, 6) is -2.54. The molecule has 0 saturated carbocycles. The number of aromatic nitrogens is 1. The number of rotatable bonds is 4. The van der Waals surface area contributed by atoms with Gasteiger partial charge >= 0.3 is 0 Å². The van der Waals surface area contributed by atoms with Crippen molar-refractivity contribution in [2.45, 2.75) is 0 Å². The minimum absolute atomic E-state index is 0.101. The molecule has 0 aliphatic carbocycles. The first-order valence-corrected chi connectivity index (χ1v) is 7.62. The van der Waals surface area contributed by atoms with Crippen LogP contribution in [0.2, 0.25) is 0 Å². The zero-order chi connectivity index (χ0) is 18.5. The normalized spacial score (nSPS) is 10.2. The van der Waals surface area contributed by atoms with Crippen molar-refractivity contribution in [3.63, 3.8) is 0 Å². The molecule has 3 aromatic rings. The molecule has 130 valence electrons. The highest BCUT2D eigenvalue weighted by molar-refractivity contribution is 6.06. The summed E-state index contributed by atoms with van der Waals surface area (Å²) < 4.78 is 27.1. The molecule has 1 aromatic heterocycles. The van der Waals surface area contributed by atoms with Crippen molar-refractivity contribution in [1.29, 1.82) is 0 Å². The topological polar surface area (TPSA) is 71.1 Å². The number of halogens is 2. The number of benzene rings is 2. The van der Waals surface area contributed by atoms with Crippen LogP contribution in [0.25, 0.3) is 0 Å². The monoisotopic (exact) mass is 353 g/mol. The van der Waals surface area contributed by atoms with Crippen molar-refractivity contribution < 1.29 is 18.4 Å². The molecule has 26 heavy (non-hydrogen) atoms. The lowest BCUT2D eigenvalue weighted by Crippen LogP contribution is -2.15. The fraction of sp³-hybridized carbons (Fsp3) is 0. The van der Waals surface area contributed by atoms with Gasteiger partial charge in [-0.3, -0.25) is 9.59 Å². The van der Waals surface area contributed by atoms with E-state index in [-0.39, 0.29) is 16.9 Å². The number of hydrogen-bond donors (Lipinski definition) is 2. The molecule has 5 nitrogen and oxygen atoms in total. The second kappa shape index (κ2) is 7.52. The minimum atomic E-state index is -0.891. The highest BCUT2D eigenvalue weighted by Crippen LogP contribution is 2.19. The number of amides is 2. The summed E-state index contributed by atoms with van der Waals surface area (Å²) in [6, 6.07) is 14.6. The Hall–Kier alpha value is -3.61. The second-order valence-electron chi connectivity index (χ2n) is 5.35. The molecular formula is C19H13F2N3O2. The summed E-state index contributed by atoms with van der Waals surface area (Å²) in [5.41, 5.74) is 0.421. The average Bonchev–Trinajstić information content (AvgIpc) is 2.65. The molecule has 2 aromatic carbocycles. The molecule has 0 atom stereocenters. The zero-order valence-electron chi connectivity index (χ0n) is 13.4. The van der Waals surface area contributed by atoms with Crippen molar-refractivity contribution in [3.8, 4) is 0 Å². The third kappa shape index (κ3) is 4.07. The Morgan fingerprint density at radius 1 is 0.808 bits per heavy atom. The van der Waals surface area contributed by atoms with Gasteiger partial charge in [0.2, 0.25) is 5.95 Å². The summed E-state index contributed by atoms with van der Waals surface area (Å²) in [6.45, 7) is 0. The van der Waals surface area contributed by atoms with Crippen LogP contribution in [0.5, 0.6) is 0 Å². The number of nitrogens with zero attached hydrogens (tertiary/aromatic N) is 1. The third-order valence-corrected chi connectivity index (χ3v) is 3.47. The van der Waals surface area contributed by atoms with Gasteiger partial charge in [0.15, 0.2) is 0 Å². The fourth-order valence-electron chi connectivity index (χ4n) is 2.22. The van der Waals surface area contributed by atoms with E-state index in [4.69, 9.17) is 0 Å². The molecule has 0 unspecified atom stereocenters. The van der Waals surface area contributed by atoms with E-state index in [1.165, 1.54) is 24.3 Å². The number of carbonyl (C=O) groups excluding carboxylic acids is 2. The fourth-order valence-corrected chi connectivity index (χ4v) is 2.22. The first kappa shape index (κ1) is 17.2. The number of anilines is 2. The van der Waals surface area contributed by atoms with E-state index in [0.717, 1.165) is 12.3 Å². The zero-order valence-corrected chi connectivity index (χ0v) is 13.4. The summed E-state index contributed by atoms with van der Waals surface area (Å²) in [6.07, 6.45) is 1.10. The van der Waals surface area contributed by atoms with Crippen molar-refractivity contribution in [2.75, 3.05) is 10.6 Å². The lowest BCUT2D eigenvalue weighted by atomic mass is 10.2. The standard InChI is InChI=1S/C19H13F2N3O2/c20-14-8-4-7-13(9-14)19(26)23-15-10-16(17(21)22-11-15)24-18(25)12-5-2-1-3-6-12/h1-11H,(H,23,26)(H,24,25). The van der Waals surface area contributed by atoms with Crippen LogP contribution in [-0.4, -0.2) is 16.8 Å². The molecule has 2 amide bonds. The van der Waals surface area contributed by atoms with E-state index >= 15 is 0 Å². The maximum absolute atomic E-state index is 13.9. The molecule has 0 aliphatic rings. The molecular weight excluding hydrogens is 340 g/mol. The molecule has 7 heteroatoms. The Labute approximate surface area is 147 Å². The predicted octanol–water partition coefficient (Wildman–Crippen LogP) is 3.86. The molecule has 0 fully saturated rings. The van der Waals surface area contributed by atoms with Crippen molar-refractivity contribution in [2.24, 2.45) is 0 Å². The van der Waals surface area contributed by atoms with Gasteiger partial charge in [-0.05, 0) is 36.4 Å². The van der Waals surface area contributed by atoms with Crippen LogP contribution in [-0.2, 0) is 0 Å². The van der Waals surface area contributed by atoms with E-state index < -0.39 is 23.6 Å². The lowest BCUT2D eigenvalue weighted by molar-refractivity contribution is 0.101. The molecule has 0 bridgehead atoms. The molecule has 3 rings (SSSR count). The highest BCUT2D eigenvalue weighted by atomic mass is 19.1. The van der Waals surface area contributed by atoms with E-state index in [2.05, 4.69) is 15.6 Å². The quantitative estimate of drug-likeness (QED) is 0.700. The summed E-state index contributed by atoms with van der Waals surface area (Å²) in [5, 5.41) is 4.88. The van der Waals surface area contributed by atoms with E-state index in [1.54, 1.807) is 30.3 Å². The lowest BCUT2D eigenvalue weighted by Gasteiger charge is -2.09. The van der Waals surface area contributed by atoms with Crippen LogP contribution in [0.3, 0.4) is 0 Å². The largest absolute Gasteiger partial charge is 0.321 e. The number of carbonyl (C=O) groups is 2. The Morgan fingerprint density at radius 3 is 2.23 bits per heavy atom. The Balaban J connectivity index is 1.77. The van der Waals surface area contributed by atoms with Crippen LogP contribution in [0.1, 0.15) is 20.7 Å². The van der Waals surface area contributed by atoms with Gasteiger partial charge in [0.05, 0.1) is 17.6 Å². The SMILES string of the molecule is O=C(Nc1cnc(F)c(NC(=O)c2ccccc2)c1)c1cccc(F)c1. The maximum Gasteiger partial charge on any atom is 0.255 e. The van der Waals surface area contributed by atoms with Gasteiger partial charge in [-0.25, -0.2) is 9.37 Å². The van der Waals surface area contributed by atoms with E-state index in [0.29, 0.717) is 5.56 Å². The Bertz CT molecular complexity index is 962. The van der Waals surface area contributed by atoms with Gasteiger partial charge in [-0.15, -0.1) is 0 Å². The van der Waals surface area contributed by atoms with Crippen LogP contribution >= 0.6 is 0 Å². The van der Waals surface area contributed by atoms with Gasteiger partial charge in [0, 0.05) is 11.1 Å². The second-order valence-corrected chi connectivity index (χ2v) is 5.35. The Morgan fingerprint density at radius 2 is 1.50 bits per heavy atom. The number of hydrogen-bond acceptors (Lipinski definition) is 3. The van der Waals surface area contributed by atoms with Crippen LogP contribution in [0.15, 0.2) is 66.9 Å². The molecule has 0 spiro atoms. The third-order valence-electron chi connectivity index (χ3n) is 3.47. The van der Waals surface area contributed by atoms with Crippen molar-refractivity contribution >= 4 is 23.2 Å². The van der Waals surface area contributed by atoms with Crippen LogP contribution < -0.4 is 10.6 Å². The smallest absolute Gasteiger partial charge is 0.255 e. The molecule has 0 aliphatic heterocycles. The van der Waals surface area contributed by atoms with Gasteiger partial charge in [-0.2, -0.15) is 4.39 Å². The van der Waals surface area contributed by atoms with Crippen LogP contribution in [0, 0.1) is 11.8 Å². The van der Waals surface area contributed by atoms with Crippen molar-refractivity contribution in [1.82, 2.24) is 4.98 Å². The first-order valence-electron chi connectivity index (χ1n) is 7.62. The van der Waals surface area contributed by atoms with E-state index in [1.807, 2.05) is 0 Å². The highest BCUT2D eigenvalue weighted by Gasteiger charge is 2.13. The van der Waals surface area contributed by atoms with E-state index in [9.17, 15) is 18.4 Å². The van der Waals surface area contributed by atoms with Crippen molar-refractivity contribution in [3.05, 3.63) is 89.8 Å². The summed E-state index contributed by atoms with van der Waals surface area (Å²) in [7, 11) is 0. The predicted molar refractivity (Wildman–Crippen MR) is 92.9 cm³/mol. The van der Waals surface area contributed by atoms with Gasteiger partial charge < -0.3 is 10.6 Å². The molecule has 0 radical (unpaired) electrons. The summed E-state index contributed by atoms with van der Waals surface area (Å²) in [4.78, 5) is 27.8. The van der Waals surface area contributed by atoms with Gasteiger partial charge in [0.25, 0.3) is 11.8 Å². The van der Waals surface area contributed by atoms with Gasteiger partial charge in [-0.1, -0.05) is 24.3 Å². The number of nitrogens with one attached hydrogen (secondary N) is 2. The number of pyridine rings is 1. The first-order chi connectivity index (χ1) is 12.5. The maximum atomic E-state index is 13.9.